The lowest BCUT2D eigenvalue weighted by Gasteiger charge is -2.28. The Labute approximate surface area is 147 Å². The number of nitrogens with zero attached hydrogens (tertiary/aromatic N) is 3. The molecule has 0 aliphatic heterocycles. The summed E-state index contributed by atoms with van der Waals surface area (Å²) in [5.41, 5.74) is 2.72. The highest BCUT2D eigenvalue weighted by atomic mass is 16.2. The first-order chi connectivity index (χ1) is 11.9. The van der Waals surface area contributed by atoms with Crippen molar-refractivity contribution in [2.45, 2.75) is 46.1 Å². The smallest absolute Gasteiger partial charge is 0.254 e. The van der Waals surface area contributed by atoms with Crippen LogP contribution in [0.1, 0.15) is 47.9 Å². The molecule has 134 valence electrons. The van der Waals surface area contributed by atoms with Crippen molar-refractivity contribution in [3.63, 3.8) is 0 Å². The summed E-state index contributed by atoms with van der Waals surface area (Å²) in [4.78, 5) is 31.0. The van der Waals surface area contributed by atoms with Crippen LogP contribution in [0.5, 0.6) is 0 Å². The second kappa shape index (κ2) is 6.82. The van der Waals surface area contributed by atoms with Gasteiger partial charge in [0.05, 0.1) is 10.9 Å². The Bertz CT molecular complexity index is 809. The molecule has 1 atom stereocenters. The molecule has 2 aromatic heterocycles. The molecule has 1 saturated carbocycles. The Morgan fingerprint density at radius 3 is 2.76 bits per heavy atom. The molecule has 2 heterocycles. The van der Waals surface area contributed by atoms with E-state index < -0.39 is 0 Å². The summed E-state index contributed by atoms with van der Waals surface area (Å²) in [7, 11) is 1.76. The van der Waals surface area contributed by atoms with Crippen molar-refractivity contribution in [2.24, 2.45) is 5.92 Å². The second-order valence-corrected chi connectivity index (χ2v) is 7.00. The number of pyridine rings is 1. The second-order valence-electron chi connectivity index (χ2n) is 7.00. The summed E-state index contributed by atoms with van der Waals surface area (Å²) in [6, 6.07) is 1.69. The number of fused-ring (bicyclic) bond motifs is 1. The van der Waals surface area contributed by atoms with Crippen LogP contribution < -0.4 is 5.32 Å². The lowest BCUT2D eigenvalue weighted by atomic mass is 9.85. The molecule has 7 heteroatoms. The molecule has 0 radical (unpaired) electrons. The van der Waals surface area contributed by atoms with Crippen LogP contribution in [0.25, 0.3) is 11.0 Å². The number of carbonyl (C=O) groups is 2. The first-order valence-corrected chi connectivity index (χ1v) is 8.75. The van der Waals surface area contributed by atoms with Gasteiger partial charge in [0.25, 0.3) is 5.91 Å². The molecule has 1 aliphatic carbocycles. The first kappa shape index (κ1) is 17.4. The van der Waals surface area contributed by atoms with Crippen molar-refractivity contribution in [3.05, 3.63) is 23.0 Å². The van der Waals surface area contributed by atoms with Gasteiger partial charge < -0.3 is 10.2 Å². The molecule has 0 bridgehead atoms. The fourth-order valence-electron chi connectivity index (χ4n) is 3.06. The summed E-state index contributed by atoms with van der Waals surface area (Å²) in [6.45, 7) is 6.12. The van der Waals surface area contributed by atoms with Crippen molar-refractivity contribution >= 4 is 22.8 Å². The minimum absolute atomic E-state index is 0.0922. The summed E-state index contributed by atoms with van der Waals surface area (Å²) in [5.74, 6) is 0.168. The molecule has 0 saturated heterocycles. The molecule has 1 aliphatic rings. The molecule has 2 N–H and O–H groups in total. The average molecular weight is 343 g/mol. The van der Waals surface area contributed by atoms with E-state index in [9.17, 15) is 9.59 Å². The van der Waals surface area contributed by atoms with Crippen LogP contribution >= 0.6 is 0 Å². The Hall–Kier alpha value is -2.44. The van der Waals surface area contributed by atoms with E-state index in [4.69, 9.17) is 0 Å². The van der Waals surface area contributed by atoms with Crippen LogP contribution in [-0.2, 0) is 4.79 Å². The molecule has 1 unspecified atom stereocenters. The van der Waals surface area contributed by atoms with E-state index >= 15 is 0 Å². The van der Waals surface area contributed by atoms with E-state index in [-0.39, 0.29) is 23.8 Å². The number of likely N-dealkylation sites (N-methyl/N-ethyl adjacent to an activating group) is 1. The van der Waals surface area contributed by atoms with Crippen molar-refractivity contribution < 1.29 is 9.59 Å². The minimum atomic E-state index is -0.104. The highest BCUT2D eigenvalue weighted by Crippen LogP contribution is 2.26. The van der Waals surface area contributed by atoms with E-state index in [1.807, 2.05) is 20.8 Å². The van der Waals surface area contributed by atoms with Crippen molar-refractivity contribution in [1.82, 2.24) is 25.4 Å². The van der Waals surface area contributed by atoms with Gasteiger partial charge in [0.2, 0.25) is 5.91 Å². The average Bonchev–Trinajstić information content (AvgIpc) is 2.89. The van der Waals surface area contributed by atoms with E-state index in [2.05, 4.69) is 20.5 Å². The molecular formula is C18H25N5O2. The maximum absolute atomic E-state index is 13.0. The zero-order valence-electron chi connectivity index (χ0n) is 15.2. The summed E-state index contributed by atoms with van der Waals surface area (Å²) in [5, 5.41) is 10.8. The maximum Gasteiger partial charge on any atom is 0.254 e. The lowest BCUT2D eigenvalue weighted by Crippen LogP contribution is -2.45. The number of nitrogens with one attached hydrogen (secondary N) is 2. The number of hydrogen-bond donors (Lipinski definition) is 2. The van der Waals surface area contributed by atoms with E-state index in [0.717, 1.165) is 36.0 Å². The number of H-pyrrole nitrogens is 1. The van der Waals surface area contributed by atoms with Gasteiger partial charge >= 0.3 is 0 Å². The molecule has 2 amide bonds. The van der Waals surface area contributed by atoms with Crippen LogP contribution in [0.3, 0.4) is 0 Å². The number of amides is 2. The van der Waals surface area contributed by atoms with Crippen LogP contribution in [0.4, 0.5) is 0 Å². The predicted octanol–water partition coefficient (Wildman–Crippen LogP) is 1.95. The Kier molecular flexibility index (Phi) is 4.74. The van der Waals surface area contributed by atoms with Gasteiger partial charge in [-0.1, -0.05) is 6.42 Å². The molecular weight excluding hydrogens is 318 g/mol. The monoisotopic (exact) mass is 343 g/mol. The fourth-order valence-corrected chi connectivity index (χ4v) is 3.06. The number of carbonyl (C=O) groups excluding carboxylic acids is 2. The van der Waals surface area contributed by atoms with Crippen molar-refractivity contribution in [1.29, 1.82) is 0 Å². The molecule has 7 nitrogen and oxygen atoms in total. The maximum atomic E-state index is 13.0. The van der Waals surface area contributed by atoms with E-state index in [0.29, 0.717) is 17.8 Å². The number of aromatic nitrogens is 3. The van der Waals surface area contributed by atoms with E-state index in [1.54, 1.807) is 18.0 Å². The SMILES string of the molecule is Cc1cc(C(=O)N(C)C(C)CNC(=O)C2CCC2)c2c(C)[nH]nc2n1. The molecule has 0 spiro atoms. The van der Waals surface area contributed by atoms with Gasteiger partial charge in [-0.3, -0.25) is 14.7 Å². The highest BCUT2D eigenvalue weighted by molar-refractivity contribution is 6.06. The summed E-state index contributed by atoms with van der Waals surface area (Å²) < 4.78 is 0. The van der Waals surface area contributed by atoms with Gasteiger partial charge in [-0.15, -0.1) is 0 Å². The third kappa shape index (κ3) is 3.36. The zero-order valence-corrected chi connectivity index (χ0v) is 15.2. The summed E-state index contributed by atoms with van der Waals surface area (Å²) in [6.07, 6.45) is 3.08. The molecule has 0 aromatic carbocycles. The molecule has 3 rings (SSSR count). The standard InChI is InChI=1S/C18H25N5O2/c1-10-8-14(15-12(3)21-22-16(15)20-10)18(25)23(4)11(2)9-19-17(24)13-6-5-7-13/h8,11,13H,5-7,9H2,1-4H3,(H,19,24)(H,20,21,22). The first-order valence-electron chi connectivity index (χ1n) is 8.75. The minimum Gasteiger partial charge on any atom is -0.354 e. The van der Waals surface area contributed by atoms with Crippen LogP contribution in [-0.4, -0.2) is 51.5 Å². The Balaban J connectivity index is 1.73. The van der Waals surface area contributed by atoms with Crippen molar-refractivity contribution in [3.8, 4) is 0 Å². The third-order valence-corrected chi connectivity index (χ3v) is 5.09. The number of aromatic amines is 1. The lowest BCUT2D eigenvalue weighted by molar-refractivity contribution is -0.127. The quantitative estimate of drug-likeness (QED) is 0.868. The van der Waals surface area contributed by atoms with Gasteiger partial charge in [-0.25, -0.2) is 4.98 Å². The van der Waals surface area contributed by atoms with Gasteiger partial charge in [0.15, 0.2) is 5.65 Å². The number of rotatable bonds is 5. The Morgan fingerprint density at radius 1 is 1.40 bits per heavy atom. The summed E-state index contributed by atoms with van der Waals surface area (Å²) >= 11 is 0. The van der Waals surface area contributed by atoms with Gasteiger partial charge in [0.1, 0.15) is 0 Å². The molecule has 1 fully saturated rings. The van der Waals surface area contributed by atoms with Gasteiger partial charge in [0, 0.05) is 36.9 Å². The normalized spacial score (nSPS) is 15.7. The van der Waals surface area contributed by atoms with Crippen LogP contribution in [0, 0.1) is 19.8 Å². The van der Waals surface area contributed by atoms with E-state index in [1.165, 1.54) is 0 Å². The van der Waals surface area contributed by atoms with Gasteiger partial charge in [-0.05, 0) is 39.7 Å². The van der Waals surface area contributed by atoms with Crippen LogP contribution in [0.2, 0.25) is 0 Å². The van der Waals surface area contributed by atoms with Crippen molar-refractivity contribution in [2.75, 3.05) is 13.6 Å². The van der Waals surface area contributed by atoms with Gasteiger partial charge in [-0.2, -0.15) is 5.10 Å². The largest absolute Gasteiger partial charge is 0.354 e. The molecule has 25 heavy (non-hydrogen) atoms. The number of hydrogen-bond acceptors (Lipinski definition) is 4. The topological polar surface area (TPSA) is 91.0 Å². The highest BCUT2D eigenvalue weighted by Gasteiger charge is 2.27. The Morgan fingerprint density at radius 2 is 2.12 bits per heavy atom. The zero-order chi connectivity index (χ0) is 18.1. The third-order valence-electron chi connectivity index (χ3n) is 5.09. The fraction of sp³-hybridized carbons (Fsp3) is 0.556. The van der Waals surface area contributed by atoms with Crippen LogP contribution in [0.15, 0.2) is 6.07 Å². The predicted molar refractivity (Wildman–Crippen MR) is 95.3 cm³/mol. The molecule has 2 aromatic rings. The number of aryl methyl sites for hydroxylation is 2.